The summed E-state index contributed by atoms with van der Waals surface area (Å²) in [6, 6.07) is 18.8. The van der Waals surface area contributed by atoms with Gasteiger partial charge < -0.3 is 36.0 Å². The number of benzene rings is 3. The van der Waals surface area contributed by atoms with E-state index in [9.17, 15) is 29.1 Å². The number of nitrogens with one attached hydrogen (secondary N) is 4. The lowest BCUT2D eigenvalue weighted by atomic mass is 9.96. The molecule has 14 heteroatoms. The first-order chi connectivity index (χ1) is 26.7. The van der Waals surface area contributed by atoms with Crippen LogP contribution in [0.15, 0.2) is 72.8 Å². The van der Waals surface area contributed by atoms with Crippen LogP contribution in [-0.4, -0.2) is 125 Å². The molecule has 0 unspecified atom stereocenters. The number of hydrogen-bond acceptors (Lipinski definition) is 9. The average Bonchev–Trinajstić information content (AvgIpc) is 3.66. The van der Waals surface area contributed by atoms with Gasteiger partial charge in [-0.15, -0.1) is 11.8 Å². The quantitative estimate of drug-likeness (QED) is 0.155. The van der Waals surface area contributed by atoms with Crippen molar-refractivity contribution >= 4 is 52.1 Å². The number of aliphatic hydroxyl groups excluding tert-OH is 1. The number of ether oxygens (including phenoxy) is 1. The second-order valence-corrected chi connectivity index (χ2v) is 16.9. The van der Waals surface area contributed by atoms with Crippen LogP contribution in [0.5, 0.6) is 0 Å². The molecular formula is C42H56N6O7S. The molecule has 2 aliphatic rings. The average molecular weight is 789 g/mol. The van der Waals surface area contributed by atoms with Crippen LogP contribution in [0.1, 0.15) is 45.7 Å². The van der Waals surface area contributed by atoms with Gasteiger partial charge in [-0.1, -0.05) is 86.6 Å². The van der Waals surface area contributed by atoms with Gasteiger partial charge in [-0.05, 0) is 55.0 Å². The van der Waals surface area contributed by atoms with E-state index in [1.807, 2.05) is 98.5 Å². The van der Waals surface area contributed by atoms with E-state index >= 15 is 0 Å². The summed E-state index contributed by atoms with van der Waals surface area (Å²) in [6.07, 6.45) is -1.40. The summed E-state index contributed by atoms with van der Waals surface area (Å²) in [6.45, 7) is 11.5. The third-order valence-corrected chi connectivity index (χ3v) is 10.9. The van der Waals surface area contributed by atoms with Crippen LogP contribution in [0, 0.1) is 5.92 Å². The number of carbonyl (C=O) groups excluding carboxylic acids is 5. The zero-order chi connectivity index (χ0) is 40.4. The molecule has 0 saturated carbocycles. The Morgan fingerprint density at radius 1 is 0.857 bits per heavy atom. The minimum atomic E-state index is -1.69. The smallest absolute Gasteiger partial charge is 0.254 e. The zero-order valence-electron chi connectivity index (χ0n) is 33.0. The molecule has 56 heavy (non-hydrogen) atoms. The van der Waals surface area contributed by atoms with Crippen molar-refractivity contribution in [3.05, 3.63) is 83.9 Å². The number of thioether (sulfide) groups is 1. The Kier molecular flexibility index (Phi) is 14.9. The lowest BCUT2D eigenvalue weighted by Crippen LogP contribution is -2.61. The van der Waals surface area contributed by atoms with Crippen molar-refractivity contribution in [3.63, 3.8) is 0 Å². The van der Waals surface area contributed by atoms with Crippen molar-refractivity contribution in [2.24, 2.45) is 5.92 Å². The Morgan fingerprint density at radius 2 is 1.54 bits per heavy atom. The molecule has 0 spiro atoms. The third-order valence-electron chi connectivity index (χ3n) is 9.90. The molecule has 2 saturated heterocycles. The van der Waals surface area contributed by atoms with E-state index in [-0.39, 0.29) is 37.1 Å². The van der Waals surface area contributed by atoms with E-state index in [0.29, 0.717) is 32.1 Å². The van der Waals surface area contributed by atoms with E-state index in [2.05, 4.69) is 21.3 Å². The topological polar surface area (TPSA) is 169 Å². The molecule has 3 aromatic carbocycles. The van der Waals surface area contributed by atoms with Crippen LogP contribution >= 0.6 is 11.8 Å². The highest BCUT2D eigenvalue weighted by molar-refractivity contribution is 7.99. The van der Waals surface area contributed by atoms with Gasteiger partial charge in [0.1, 0.15) is 18.1 Å². The molecule has 5 amide bonds. The van der Waals surface area contributed by atoms with Crippen LogP contribution in [0.3, 0.4) is 0 Å². The number of nitrogens with zero attached hydrogens (tertiary/aromatic N) is 2. The number of fused-ring (bicyclic) bond motifs is 1. The van der Waals surface area contributed by atoms with Gasteiger partial charge in [-0.2, -0.15) is 0 Å². The van der Waals surface area contributed by atoms with Crippen molar-refractivity contribution in [1.82, 2.24) is 31.1 Å². The fourth-order valence-corrected chi connectivity index (χ4v) is 8.11. The summed E-state index contributed by atoms with van der Waals surface area (Å²) in [5.74, 6) is -2.27. The highest BCUT2D eigenvalue weighted by Gasteiger charge is 2.41. The fourth-order valence-electron chi connectivity index (χ4n) is 6.94. The molecule has 5 atom stereocenters. The molecule has 13 nitrogen and oxygen atoms in total. The second-order valence-electron chi connectivity index (χ2n) is 15.9. The van der Waals surface area contributed by atoms with Gasteiger partial charge in [0.2, 0.25) is 23.6 Å². The maximum absolute atomic E-state index is 14.2. The Labute approximate surface area is 333 Å². The summed E-state index contributed by atoms with van der Waals surface area (Å²) >= 11 is 1.41. The molecule has 5 N–H and O–H groups in total. The predicted molar refractivity (Wildman–Crippen MR) is 218 cm³/mol. The Balaban J connectivity index is 1.36. The molecule has 5 rings (SSSR count). The molecule has 0 aromatic heterocycles. The minimum absolute atomic E-state index is 0.0953. The maximum atomic E-state index is 14.2. The lowest BCUT2D eigenvalue weighted by molar-refractivity contribution is -0.147. The summed E-state index contributed by atoms with van der Waals surface area (Å²) in [4.78, 5) is 72.3. The summed E-state index contributed by atoms with van der Waals surface area (Å²) < 4.78 is 5.42. The van der Waals surface area contributed by atoms with Gasteiger partial charge in [-0.3, -0.25) is 28.9 Å². The highest BCUT2D eigenvalue weighted by Crippen LogP contribution is 2.24. The number of aliphatic hydroxyl groups is 1. The summed E-state index contributed by atoms with van der Waals surface area (Å²) in [5.41, 5.74) is 1.11. The van der Waals surface area contributed by atoms with Crippen molar-refractivity contribution < 1.29 is 33.8 Å². The van der Waals surface area contributed by atoms with Gasteiger partial charge in [-0.25, -0.2) is 0 Å². The van der Waals surface area contributed by atoms with Crippen LogP contribution < -0.4 is 21.3 Å². The fraction of sp³-hybridized carbons (Fsp3) is 0.500. The molecule has 0 aliphatic carbocycles. The molecule has 2 aliphatic heterocycles. The Bertz CT molecular complexity index is 1830. The molecule has 3 aromatic rings. The van der Waals surface area contributed by atoms with Crippen molar-refractivity contribution in [1.29, 1.82) is 0 Å². The summed E-state index contributed by atoms with van der Waals surface area (Å²) in [7, 11) is 0. The van der Waals surface area contributed by atoms with Crippen LogP contribution in [-0.2, 0) is 41.6 Å². The molecule has 2 fully saturated rings. The first kappa shape index (κ1) is 42.6. The van der Waals surface area contributed by atoms with Gasteiger partial charge >= 0.3 is 0 Å². The monoisotopic (exact) mass is 788 g/mol. The first-order valence-electron chi connectivity index (χ1n) is 19.3. The molecular weight excluding hydrogens is 733 g/mol. The lowest BCUT2D eigenvalue weighted by Gasteiger charge is -2.32. The van der Waals surface area contributed by atoms with E-state index < -0.39 is 59.4 Å². The first-order valence-corrected chi connectivity index (χ1v) is 20.4. The number of hydrogen-bond donors (Lipinski definition) is 5. The van der Waals surface area contributed by atoms with E-state index in [1.165, 1.54) is 16.7 Å². The Morgan fingerprint density at radius 3 is 2.23 bits per heavy atom. The summed E-state index contributed by atoms with van der Waals surface area (Å²) in [5, 5.41) is 25.2. The van der Waals surface area contributed by atoms with E-state index in [4.69, 9.17) is 4.74 Å². The molecule has 0 radical (unpaired) electrons. The minimum Gasteiger partial charge on any atom is -0.381 e. The van der Waals surface area contributed by atoms with Crippen LogP contribution in [0.25, 0.3) is 10.8 Å². The zero-order valence-corrected chi connectivity index (χ0v) is 33.8. The predicted octanol–water partition coefficient (Wildman–Crippen LogP) is 2.24. The number of amides is 5. The largest absolute Gasteiger partial charge is 0.381 e. The van der Waals surface area contributed by atoms with Crippen LogP contribution in [0.2, 0.25) is 0 Å². The normalized spacial score (nSPS) is 18.5. The number of carbonyl (C=O) groups is 5. The van der Waals surface area contributed by atoms with E-state index in [1.54, 1.807) is 13.8 Å². The highest BCUT2D eigenvalue weighted by atomic mass is 32.2. The van der Waals surface area contributed by atoms with Gasteiger partial charge in [0, 0.05) is 30.8 Å². The second kappa shape index (κ2) is 19.6. The van der Waals surface area contributed by atoms with Gasteiger partial charge in [0.15, 0.2) is 6.10 Å². The molecule has 0 bridgehead atoms. The number of morpholine rings is 1. The third kappa shape index (κ3) is 11.8. The Hall–Kier alpha value is -4.50. The van der Waals surface area contributed by atoms with Crippen LogP contribution in [0.4, 0.5) is 0 Å². The van der Waals surface area contributed by atoms with Gasteiger partial charge in [0.25, 0.3) is 5.91 Å². The van der Waals surface area contributed by atoms with E-state index in [0.717, 1.165) is 21.9 Å². The molecule has 302 valence electrons. The van der Waals surface area contributed by atoms with Gasteiger partial charge in [0.05, 0.1) is 31.7 Å². The molecule has 2 heterocycles. The van der Waals surface area contributed by atoms with Crippen molar-refractivity contribution in [2.75, 3.05) is 44.5 Å². The van der Waals surface area contributed by atoms with Crippen molar-refractivity contribution in [2.45, 2.75) is 83.3 Å². The SMILES string of the molecule is CC(C)[C@H](NC(=O)[C@H](Cc1cccc2ccccc12)NC(=O)CN1CCOCC1)C(=O)N[C@@H](Cc1ccccc1)[C@H](O)C(=O)N1CSC[C@H]1C(=O)NC(C)(C)C. The number of rotatable bonds is 15. The van der Waals surface area contributed by atoms with Crippen molar-refractivity contribution in [3.8, 4) is 0 Å². The standard InChI is InChI=1S/C42H56N6O7S/c1-27(2)36(45-38(51)33(43-35(49)24-47-18-20-55-21-19-47)23-30-16-11-15-29-14-9-10-17-31(29)30)40(53)44-32(22-28-12-7-6-8-13-28)37(50)41(54)48-26-56-25-34(48)39(52)46-42(3,4)5/h6-17,27,32-34,36-37,50H,18-26H2,1-5H3,(H,43,49)(H,44,53)(H,45,51)(H,46,52)/t32-,33-,34-,36-,37-/m0/s1. The maximum Gasteiger partial charge on any atom is 0.254 e.